The minimum absolute atomic E-state index is 0.628. The van der Waals surface area contributed by atoms with E-state index < -0.39 is 0 Å². The third-order valence-electron chi connectivity index (χ3n) is 9.14. The number of furan rings is 2. The fraction of sp³-hybridized carbons (Fsp3) is 0. The van der Waals surface area contributed by atoms with E-state index >= 15 is 0 Å². The van der Waals surface area contributed by atoms with Gasteiger partial charge in [-0.25, -0.2) is 15.0 Å². The normalized spacial score (nSPS) is 11.8. The van der Waals surface area contributed by atoms with Crippen LogP contribution in [0.1, 0.15) is 0 Å². The molecule has 5 heteroatoms. The Hall–Kier alpha value is -6.59. The maximum Gasteiger partial charge on any atom is 0.164 e. The van der Waals surface area contributed by atoms with Crippen LogP contribution in [-0.2, 0) is 0 Å². The molecule has 10 rings (SSSR count). The largest absolute Gasteiger partial charge is 0.456 e. The van der Waals surface area contributed by atoms with Gasteiger partial charge in [-0.05, 0) is 46.2 Å². The van der Waals surface area contributed by atoms with Crippen molar-refractivity contribution < 1.29 is 8.83 Å². The highest BCUT2D eigenvalue weighted by molar-refractivity contribution is 6.31. The molecule has 5 nitrogen and oxygen atoms in total. The van der Waals surface area contributed by atoms with Crippen molar-refractivity contribution in [3.63, 3.8) is 0 Å². The molecule has 10 aromatic rings. The molecule has 3 heterocycles. The molecule has 0 saturated carbocycles. The summed E-state index contributed by atoms with van der Waals surface area (Å²) in [5.74, 6) is 1.91. The van der Waals surface area contributed by atoms with Crippen molar-refractivity contribution in [2.24, 2.45) is 0 Å². The van der Waals surface area contributed by atoms with Crippen LogP contribution in [0, 0.1) is 0 Å². The van der Waals surface area contributed by atoms with Crippen LogP contribution < -0.4 is 0 Å². The van der Waals surface area contributed by atoms with Gasteiger partial charge in [-0.1, -0.05) is 127 Å². The van der Waals surface area contributed by atoms with Gasteiger partial charge in [0.15, 0.2) is 17.5 Å². The summed E-state index contributed by atoms with van der Waals surface area (Å²) in [5.41, 5.74) is 8.42. The van der Waals surface area contributed by atoms with Gasteiger partial charge in [0.1, 0.15) is 22.3 Å². The zero-order chi connectivity index (χ0) is 31.6. The lowest BCUT2D eigenvalue weighted by atomic mass is 9.93. The standard InChI is InChI=1S/C43H25N3O2/c1-3-11-27(12-4-1)41-44-42(28-13-5-2-6-14-28)46-43(45-41)29-21-19-26(20-22-29)33-25-37-38(31-16-8-7-15-30(31)33)40-36(48-37)24-23-35-39(40)32-17-9-10-18-34(32)47-35/h1-25H. The Labute approximate surface area is 274 Å². The fourth-order valence-corrected chi connectivity index (χ4v) is 6.91. The smallest absolute Gasteiger partial charge is 0.164 e. The van der Waals surface area contributed by atoms with E-state index in [4.69, 9.17) is 23.8 Å². The topological polar surface area (TPSA) is 65.0 Å². The Morgan fingerprint density at radius 1 is 0.312 bits per heavy atom. The molecule has 0 radical (unpaired) electrons. The average molecular weight is 616 g/mol. The molecule has 0 N–H and O–H groups in total. The molecule has 0 unspecified atom stereocenters. The molecule has 7 aromatic carbocycles. The molecule has 0 amide bonds. The lowest BCUT2D eigenvalue weighted by Gasteiger charge is -2.11. The van der Waals surface area contributed by atoms with Gasteiger partial charge < -0.3 is 8.83 Å². The number of nitrogens with zero attached hydrogens (tertiary/aromatic N) is 3. The lowest BCUT2D eigenvalue weighted by molar-refractivity contribution is 0.663. The number of aromatic nitrogens is 3. The third-order valence-corrected chi connectivity index (χ3v) is 9.14. The van der Waals surface area contributed by atoms with Crippen molar-refractivity contribution in [3.05, 3.63) is 152 Å². The van der Waals surface area contributed by atoms with Crippen molar-refractivity contribution in [2.45, 2.75) is 0 Å². The molecule has 0 fully saturated rings. The summed E-state index contributed by atoms with van der Waals surface area (Å²) in [4.78, 5) is 14.7. The molecule has 0 bridgehead atoms. The maximum absolute atomic E-state index is 6.58. The second-order valence-corrected chi connectivity index (χ2v) is 12.0. The molecular formula is C43H25N3O2. The van der Waals surface area contributed by atoms with E-state index in [2.05, 4.69) is 66.7 Å². The average Bonchev–Trinajstić information content (AvgIpc) is 3.73. The predicted octanol–water partition coefficient (Wildman–Crippen LogP) is 11.5. The van der Waals surface area contributed by atoms with Crippen LogP contribution in [0.15, 0.2) is 160 Å². The number of fused-ring (bicyclic) bond motifs is 9. The Morgan fingerprint density at radius 2 is 0.771 bits per heavy atom. The first-order valence-corrected chi connectivity index (χ1v) is 15.9. The number of hydrogen-bond acceptors (Lipinski definition) is 5. The first-order chi connectivity index (χ1) is 23.8. The van der Waals surface area contributed by atoms with E-state index in [1.54, 1.807) is 0 Å². The Morgan fingerprint density at radius 3 is 1.42 bits per heavy atom. The number of hydrogen-bond donors (Lipinski definition) is 0. The number of para-hydroxylation sites is 1. The SMILES string of the molecule is c1ccc(-c2nc(-c3ccccc3)nc(-c3ccc(-c4cc5oc6ccc7oc8ccccc8c7c6c5c5ccccc45)cc3)n2)cc1. The van der Waals surface area contributed by atoms with Gasteiger partial charge in [-0.3, -0.25) is 0 Å². The summed E-state index contributed by atoms with van der Waals surface area (Å²) in [6.07, 6.45) is 0. The zero-order valence-electron chi connectivity index (χ0n) is 25.6. The zero-order valence-corrected chi connectivity index (χ0v) is 25.6. The monoisotopic (exact) mass is 615 g/mol. The molecule has 0 aliphatic heterocycles. The van der Waals surface area contributed by atoms with Gasteiger partial charge in [0.2, 0.25) is 0 Å². The Kier molecular flexibility index (Phi) is 5.81. The summed E-state index contributed by atoms with van der Waals surface area (Å²) in [7, 11) is 0. The number of rotatable bonds is 4. The highest BCUT2D eigenvalue weighted by atomic mass is 16.3. The quantitative estimate of drug-likeness (QED) is 0.197. The van der Waals surface area contributed by atoms with Crippen LogP contribution >= 0.6 is 0 Å². The lowest BCUT2D eigenvalue weighted by Crippen LogP contribution is -2.00. The van der Waals surface area contributed by atoms with Crippen molar-refractivity contribution in [1.82, 2.24) is 15.0 Å². The van der Waals surface area contributed by atoms with E-state index in [1.807, 2.05) is 84.9 Å². The van der Waals surface area contributed by atoms with Crippen molar-refractivity contribution in [2.75, 3.05) is 0 Å². The van der Waals surface area contributed by atoms with Crippen LogP contribution in [0.2, 0.25) is 0 Å². The summed E-state index contributed by atoms with van der Waals surface area (Å²) >= 11 is 0. The highest BCUT2D eigenvalue weighted by Crippen LogP contribution is 2.44. The minimum atomic E-state index is 0.628. The van der Waals surface area contributed by atoms with E-state index in [-0.39, 0.29) is 0 Å². The summed E-state index contributed by atoms with van der Waals surface area (Å²) < 4.78 is 12.8. The fourth-order valence-electron chi connectivity index (χ4n) is 6.91. The van der Waals surface area contributed by atoms with Gasteiger partial charge in [0.05, 0.1) is 0 Å². The van der Waals surface area contributed by atoms with Crippen molar-refractivity contribution >= 4 is 54.6 Å². The molecule has 0 aliphatic rings. The van der Waals surface area contributed by atoms with Crippen LogP contribution in [0.4, 0.5) is 0 Å². The van der Waals surface area contributed by atoms with Gasteiger partial charge in [0.25, 0.3) is 0 Å². The van der Waals surface area contributed by atoms with Crippen LogP contribution in [0.3, 0.4) is 0 Å². The predicted molar refractivity (Wildman–Crippen MR) is 194 cm³/mol. The minimum Gasteiger partial charge on any atom is -0.456 e. The van der Waals surface area contributed by atoms with Gasteiger partial charge >= 0.3 is 0 Å². The molecular weight excluding hydrogens is 590 g/mol. The molecule has 3 aromatic heterocycles. The van der Waals surface area contributed by atoms with Crippen LogP contribution in [0.5, 0.6) is 0 Å². The first-order valence-electron chi connectivity index (χ1n) is 15.9. The molecule has 0 aliphatic carbocycles. The second-order valence-electron chi connectivity index (χ2n) is 12.0. The third kappa shape index (κ3) is 4.15. The number of benzene rings is 7. The Bertz CT molecular complexity index is 2760. The first kappa shape index (κ1) is 26.6. The van der Waals surface area contributed by atoms with E-state index in [0.29, 0.717) is 17.5 Å². The molecule has 48 heavy (non-hydrogen) atoms. The van der Waals surface area contributed by atoms with Crippen LogP contribution in [-0.4, -0.2) is 15.0 Å². The second kappa shape index (κ2) is 10.5. The molecule has 224 valence electrons. The molecule has 0 saturated heterocycles. The van der Waals surface area contributed by atoms with Gasteiger partial charge in [0, 0.05) is 38.2 Å². The van der Waals surface area contributed by atoms with Crippen molar-refractivity contribution in [3.8, 4) is 45.3 Å². The highest BCUT2D eigenvalue weighted by Gasteiger charge is 2.20. The summed E-state index contributed by atoms with van der Waals surface area (Å²) in [5, 5.41) is 6.67. The van der Waals surface area contributed by atoms with Crippen LogP contribution in [0.25, 0.3) is 99.9 Å². The molecule has 0 atom stereocenters. The summed E-state index contributed by atoms with van der Waals surface area (Å²) in [6.45, 7) is 0. The van der Waals surface area contributed by atoms with E-state index in [0.717, 1.165) is 82.5 Å². The Balaban J connectivity index is 1.14. The summed E-state index contributed by atoms with van der Waals surface area (Å²) in [6, 6.07) is 51.5. The van der Waals surface area contributed by atoms with Gasteiger partial charge in [-0.15, -0.1) is 0 Å². The van der Waals surface area contributed by atoms with E-state index in [9.17, 15) is 0 Å². The maximum atomic E-state index is 6.58. The van der Waals surface area contributed by atoms with Gasteiger partial charge in [-0.2, -0.15) is 0 Å². The van der Waals surface area contributed by atoms with Crippen molar-refractivity contribution in [1.29, 1.82) is 0 Å². The van der Waals surface area contributed by atoms with E-state index in [1.165, 1.54) is 0 Å². The molecule has 0 spiro atoms.